The van der Waals surface area contributed by atoms with Crippen molar-refractivity contribution in [3.63, 3.8) is 0 Å². The highest BCUT2D eigenvalue weighted by Gasteiger charge is 2.46. The van der Waals surface area contributed by atoms with E-state index in [1.165, 1.54) is 12.8 Å². The summed E-state index contributed by atoms with van der Waals surface area (Å²) in [6, 6.07) is 0. The summed E-state index contributed by atoms with van der Waals surface area (Å²) in [7, 11) is 0. The largest absolute Gasteiger partial charge is 0.286 e. The number of halogens is 2. The van der Waals surface area contributed by atoms with Crippen molar-refractivity contribution in [3.05, 3.63) is 0 Å². The van der Waals surface area contributed by atoms with E-state index >= 15 is 0 Å². The van der Waals surface area contributed by atoms with Crippen LogP contribution in [0.3, 0.4) is 0 Å². The van der Waals surface area contributed by atoms with Gasteiger partial charge in [0.05, 0.1) is 3.55 Å². The summed E-state index contributed by atoms with van der Waals surface area (Å²) in [5, 5.41) is 0. The lowest BCUT2D eigenvalue weighted by molar-refractivity contribution is 0.286. The van der Waals surface area contributed by atoms with Gasteiger partial charge in [-0.1, -0.05) is 22.6 Å². The summed E-state index contributed by atoms with van der Waals surface area (Å²) in [4.78, 5) is 2.29. The number of nitrogens with zero attached hydrogens (tertiary/aromatic N) is 1. The van der Waals surface area contributed by atoms with Gasteiger partial charge in [0, 0.05) is 13.0 Å². The SMILES string of the molecule is FC1CN2CCC[C@@]2(I)C1. The maximum Gasteiger partial charge on any atom is 0.115 e. The van der Waals surface area contributed by atoms with Gasteiger partial charge in [-0.25, -0.2) is 4.39 Å². The normalized spacial score (nSPS) is 48.0. The van der Waals surface area contributed by atoms with Crippen LogP contribution in [0, 0.1) is 0 Å². The Kier molecular flexibility index (Phi) is 1.68. The molecule has 0 aromatic heterocycles. The van der Waals surface area contributed by atoms with Crippen molar-refractivity contribution in [1.82, 2.24) is 4.90 Å². The van der Waals surface area contributed by atoms with Gasteiger partial charge in [0.1, 0.15) is 6.17 Å². The molecule has 0 bridgehead atoms. The Morgan fingerprint density at radius 1 is 1.60 bits per heavy atom. The van der Waals surface area contributed by atoms with Crippen LogP contribution in [-0.4, -0.2) is 27.7 Å². The molecule has 3 heteroatoms. The third-order valence-electron chi connectivity index (χ3n) is 2.51. The van der Waals surface area contributed by atoms with E-state index < -0.39 is 6.17 Å². The van der Waals surface area contributed by atoms with Crippen LogP contribution in [0.1, 0.15) is 19.3 Å². The van der Waals surface area contributed by atoms with Crippen molar-refractivity contribution in [2.75, 3.05) is 13.1 Å². The van der Waals surface area contributed by atoms with Gasteiger partial charge in [0.15, 0.2) is 0 Å². The lowest BCUT2D eigenvalue weighted by Gasteiger charge is -2.23. The van der Waals surface area contributed by atoms with Crippen LogP contribution in [0.15, 0.2) is 0 Å². The van der Waals surface area contributed by atoms with E-state index in [1.54, 1.807) is 0 Å². The van der Waals surface area contributed by atoms with Crippen LogP contribution in [-0.2, 0) is 0 Å². The molecule has 2 rings (SSSR count). The van der Waals surface area contributed by atoms with Crippen molar-refractivity contribution in [2.24, 2.45) is 0 Å². The van der Waals surface area contributed by atoms with E-state index in [0.29, 0.717) is 6.54 Å². The lowest BCUT2D eigenvalue weighted by Crippen LogP contribution is -2.31. The molecular weight excluding hydrogens is 244 g/mol. The number of hydrogen-bond donors (Lipinski definition) is 0. The van der Waals surface area contributed by atoms with Crippen molar-refractivity contribution in [3.8, 4) is 0 Å². The van der Waals surface area contributed by atoms with Gasteiger partial charge in [-0.2, -0.15) is 0 Å². The number of fused-ring (bicyclic) bond motifs is 1. The van der Waals surface area contributed by atoms with Gasteiger partial charge >= 0.3 is 0 Å². The second-order valence-electron chi connectivity index (χ2n) is 3.27. The molecule has 0 spiro atoms. The molecule has 2 fully saturated rings. The van der Waals surface area contributed by atoms with E-state index in [4.69, 9.17) is 0 Å². The van der Waals surface area contributed by atoms with Gasteiger partial charge in [-0.05, 0) is 19.4 Å². The standard InChI is InChI=1S/C7H11FIN/c8-6-4-7(9)2-1-3-10(7)5-6/h6H,1-5H2/t6?,7-/m0/s1. The van der Waals surface area contributed by atoms with Crippen molar-refractivity contribution < 1.29 is 4.39 Å². The van der Waals surface area contributed by atoms with E-state index in [9.17, 15) is 4.39 Å². The van der Waals surface area contributed by atoms with Crippen LogP contribution in [0.25, 0.3) is 0 Å². The van der Waals surface area contributed by atoms with Crippen molar-refractivity contribution in [1.29, 1.82) is 0 Å². The Morgan fingerprint density at radius 2 is 2.40 bits per heavy atom. The maximum absolute atomic E-state index is 12.8. The minimum Gasteiger partial charge on any atom is -0.286 e. The average Bonchev–Trinajstić information content (AvgIpc) is 2.20. The molecular formula is C7H11FIN. The Balaban J connectivity index is 2.15. The molecule has 2 atom stereocenters. The molecule has 1 unspecified atom stereocenters. The zero-order valence-electron chi connectivity index (χ0n) is 5.82. The first-order valence-electron chi connectivity index (χ1n) is 3.79. The molecule has 10 heavy (non-hydrogen) atoms. The Bertz CT molecular complexity index is 153. The molecule has 2 heterocycles. The van der Waals surface area contributed by atoms with E-state index in [1.807, 2.05) is 0 Å². The van der Waals surface area contributed by atoms with E-state index in [-0.39, 0.29) is 3.55 Å². The minimum atomic E-state index is -0.558. The average molecular weight is 255 g/mol. The van der Waals surface area contributed by atoms with Gasteiger partial charge in [0.2, 0.25) is 0 Å². The fraction of sp³-hybridized carbons (Fsp3) is 1.00. The topological polar surface area (TPSA) is 3.24 Å². The quantitative estimate of drug-likeness (QED) is 0.363. The van der Waals surface area contributed by atoms with Crippen molar-refractivity contribution >= 4 is 22.6 Å². The lowest BCUT2D eigenvalue weighted by atomic mass is 10.1. The summed E-state index contributed by atoms with van der Waals surface area (Å²) < 4.78 is 13.0. The molecule has 0 aromatic carbocycles. The zero-order chi connectivity index (χ0) is 7.19. The summed E-state index contributed by atoms with van der Waals surface area (Å²) in [6.07, 6.45) is 2.65. The molecule has 0 saturated carbocycles. The highest BCUT2D eigenvalue weighted by Crippen LogP contribution is 2.44. The first-order chi connectivity index (χ1) is 4.71. The second kappa shape index (κ2) is 2.30. The Labute approximate surface area is 74.1 Å². The van der Waals surface area contributed by atoms with Crippen LogP contribution in [0.2, 0.25) is 0 Å². The summed E-state index contributed by atoms with van der Waals surface area (Å²) in [5.74, 6) is 0. The molecule has 0 aliphatic carbocycles. The van der Waals surface area contributed by atoms with Gasteiger partial charge in [0.25, 0.3) is 0 Å². The van der Waals surface area contributed by atoms with Gasteiger partial charge < -0.3 is 0 Å². The molecule has 1 nitrogen and oxygen atoms in total. The second-order valence-corrected chi connectivity index (χ2v) is 5.28. The molecule has 2 aliphatic rings. The molecule has 0 aromatic rings. The first kappa shape index (κ1) is 7.28. The number of hydrogen-bond acceptors (Lipinski definition) is 1. The Hall–Kier alpha value is 0.620. The number of rotatable bonds is 0. The first-order valence-corrected chi connectivity index (χ1v) is 4.87. The smallest absolute Gasteiger partial charge is 0.115 e. The predicted molar refractivity (Wildman–Crippen MR) is 47.1 cm³/mol. The predicted octanol–water partition coefficient (Wildman–Crippen LogP) is 1.96. The molecule has 0 radical (unpaired) electrons. The molecule has 2 saturated heterocycles. The maximum atomic E-state index is 12.8. The van der Waals surface area contributed by atoms with E-state index in [2.05, 4.69) is 27.5 Å². The minimum absolute atomic E-state index is 0.206. The number of alkyl halides is 2. The summed E-state index contributed by atoms with van der Waals surface area (Å²) in [5.41, 5.74) is 0. The summed E-state index contributed by atoms with van der Waals surface area (Å²) in [6.45, 7) is 1.80. The summed E-state index contributed by atoms with van der Waals surface area (Å²) >= 11 is 2.42. The van der Waals surface area contributed by atoms with Gasteiger partial charge in [-0.15, -0.1) is 0 Å². The Morgan fingerprint density at radius 3 is 3.10 bits per heavy atom. The fourth-order valence-corrected chi connectivity index (χ4v) is 3.33. The molecule has 0 N–H and O–H groups in total. The monoisotopic (exact) mass is 255 g/mol. The van der Waals surface area contributed by atoms with Crippen LogP contribution in [0.5, 0.6) is 0 Å². The molecule has 0 amide bonds. The van der Waals surface area contributed by atoms with Crippen molar-refractivity contribution in [2.45, 2.75) is 29.0 Å². The highest BCUT2D eigenvalue weighted by atomic mass is 127. The van der Waals surface area contributed by atoms with Gasteiger partial charge in [-0.3, -0.25) is 4.90 Å². The third-order valence-corrected chi connectivity index (χ3v) is 4.17. The highest BCUT2D eigenvalue weighted by molar-refractivity contribution is 14.1. The van der Waals surface area contributed by atoms with Crippen LogP contribution in [0.4, 0.5) is 4.39 Å². The van der Waals surface area contributed by atoms with Crippen LogP contribution < -0.4 is 0 Å². The van der Waals surface area contributed by atoms with E-state index in [0.717, 1.165) is 13.0 Å². The molecule has 58 valence electrons. The molecule has 2 aliphatic heterocycles. The third kappa shape index (κ3) is 0.978. The van der Waals surface area contributed by atoms with Crippen LogP contribution >= 0.6 is 22.6 Å². The zero-order valence-corrected chi connectivity index (χ0v) is 7.97. The fourth-order valence-electron chi connectivity index (χ4n) is 2.03.